The molecule has 0 aliphatic heterocycles. The van der Waals surface area contributed by atoms with E-state index in [4.69, 9.17) is 4.74 Å². The first-order chi connectivity index (χ1) is 14.5. The Morgan fingerprint density at radius 2 is 2.07 bits per heavy atom. The Labute approximate surface area is 183 Å². The molecule has 3 aromatic rings. The molecule has 2 heterocycles. The highest BCUT2D eigenvalue weighted by Crippen LogP contribution is 2.27. The molecule has 2 aromatic heterocycles. The summed E-state index contributed by atoms with van der Waals surface area (Å²) >= 11 is 2.89. The van der Waals surface area contributed by atoms with Crippen LogP contribution in [-0.4, -0.2) is 46.0 Å². The first kappa shape index (κ1) is 21.8. The van der Waals surface area contributed by atoms with Gasteiger partial charge in [0, 0.05) is 6.54 Å². The van der Waals surface area contributed by atoms with E-state index < -0.39 is 0 Å². The minimum Gasteiger partial charge on any atom is -0.495 e. The highest BCUT2D eigenvalue weighted by atomic mass is 32.2. The lowest BCUT2D eigenvalue weighted by Crippen LogP contribution is -2.34. The zero-order chi connectivity index (χ0) is 21.5. The van der Waals surface area contributed by atoms with Gasteiger partial charge in [-0.25, -0.2) is 0 Å². The van der Waals surface area contributed by atoms with E-state index in [1.165, 1.54) is 18.9 Å². The van der Waals surface area contributed by atoms with Crippen molar-refractivity contribution >= 4 is 40.6 Å². The Morgan fingerprint density at radius 1 is 1.23 bits per heavy atom. The number of aryl methyl sites for hydroxylation is 1. The summed E-state index contributed by atoms with van der Waals surface area (Å²) in [5.41, 5.74) is 1.57. The summed E-state index contributed by atoms with van der Waals surface area (Å²) in [6, 6.07) is 9.45. The van der Waals surface area contributed by atoms with Crippen LogP contribution in [0, 0.1) is 6.92 Å². The van der Waals surface area contributed by atoms with E-state index >= 15 is 0 Å². The molecule has 30 heavy (non-hydrogen) atoms. The van der Waals surface area contributed by atoms with Crippen LogP contribution in [0.15, 0.2) is 40.9 Å². The number of nitrogens with zero attached hydrogens (tertiary/aromatic N) is 3. The summed E-state index contributed by atoms with van der Waals surface area (Å²) in [6.07, 6.45) is 0. The minimum atomic E-state index is -0.325. The number of aromatic nitrogens is 3. The highest BCUT2D eigenvalue weighted by Gasteiger charge is 2.16. The van der Waals surface area contributed by atoms with Crippen LogP contribution in [0.3, 0.4) is 0 Å². The van der Waals surface area contributed by atoms with E-state index in [2.05, 4.69) is 20.8 Å². The van der Waals surface area contributed by atoms with Gasteiger partial charge in [-0.3, -0.25) is 9.59 Å². The molecule has 0 bridgehead atoms. The molecule has 0 saturated carbocycles. The van der Waals surface area contributed by atoms with Crippen LogP contribution in [0.1, 0.15) is 12.5 Å². The molecule has 0 fully saturated rings. The maximum atomic E-state index is 12.2. The molecule has 1 aromatic carbocycles. The van der Waals surface area contributed by atoms with Crippen molar-refractivity contribution in [3.05, 3.63) is 41.3 Å². The number of thiophene rings is 1. The smallest absolute Gasteiger partial charge is 0.243 e. The van der Waals surface area contributed by atoms with E-state index in [0.29, 0.717) is 23.1 Å². The zero-order valence-electron chi connectivity index (χ0n) is 17.0. The number of thioether (sulfide) groups is 1. The van der Waals surface area contributed by atoms with E-state index in [1.807, 2.05) is 48.1 Å². The molecule has 2 N–H and O–H groups in total. The van der Waals surface area contributed by atoms with Crippen molar-refractivity contribution in [2.45, 2.75) is 25.5 Å². The zero-order valence-corrected chi connectivity index (χ0v) is 18.6. The van der Waals surface area contributed by atoms with Crippen molar-refractivity contribution in [3.63, 3.8) is 0 Å². The maximum absolute atomic E-state index is 12.2. The van der Waals surface area contributed by atoms with Gasteiger partial charge in [0.05, 0.1) is 30.0 Å². The van der Waals surface area contributed by atoms with Crippen molar-refractivity contribution in [2.24, 2.45) is 0 Å². The van der Waals surface area contributed by atoms with E-state index in [0.717, 1.165) is 16.3 Å². The number of hydrogen-bond acceptors (Lipinski definition) is 7. The number of hydrogen-bond donors (Lipinski definition) is 2. The highest BCUT2D eigenvalue weighted by molar-refractivity contribution is 7.99. The van der Waals surface area contributed by atoms with Gasteiger partial charge in [0.15, 0.2) is 11.0 Å². The number of nitrogens with one attached hydrogen (secondary N) is 2. The van der Waals surface area contributed by atoms with Gasteiger partial charge in [-0.1, -0.05) is 23.9 Å². The Hall–Kier alpha value is -2.85. The summed E-state index contributed by atoms with van der Waals surface area (Å²) in [5.74, 6) is 0.922. The van der Waals surface area contributed by atoms with Gasteiger partial charge in [-0.15, -0.1) is 21.5 Å². The molecular weight excluding hydrogens is 422 g/mol. The molecule has 8 nitrogen and oxygen atoms in total. The number of anilines is 1. The number of rotatable bonds is 9. The summed E-state index contributed by atoms with van der Waals surface area (Å²) in [4.78, 5) is 25.4. The maximum Gasteiger partial charge on any atom is 0.243 e. The van der Waals surface area contributed by atoms with E-state index in [1.54, 1.807) is 17.4 Å². The second-order valence-electron chi connectivity index (χ2n) is 6.35. The molecule has 0 saturated heterocycles. The van der Waals surface area contributed by atoms with Crippen LogP contribution in [0.4, 0.5) is 5.69 Å². The van der Waals surface area contributed by atoms with Gasteiger partial charge in [0.1, 0.15) is 5.75 Å². The molecule has 0 aliphatic carbocycles. The number of carbonyl (C=O) groups excluding carboxylic acids is 2. The van der Waals surface area contributed by atoms with Crippen molar-refractivity contribution in [1.29, 1.82) is 0 Å². The fraction of sp³-hybridized carbons (Fsp3) is 0.300. The normalized spacial score (nSPS) is 10.6. The number of methoxy groups -OCH3 is 1. The molecule has 0 spiro atoms. The average Bonchev–Trinajstić information content (AvgIpc) is 3.40. The van der Waals surface area contributed by atoms with Gasteiger partial charge < -0.3 is 19.9 Å². The topological polar surface area (TPSA) is 98.1 Å². The summed E-state index contributed by atoms with van der Waals surface area (Å²) in [6.45, 7) is 4.50. The van der Waals surface area contributed by atoms with Gasteiger partial charge in [-0.05, 0) is 43.0 Å². The number of carbonyl (C=O) groups is 2. The fourth-order valence-corrected chi connectivity index (χ4v) is 4.29. The largest absolute Gasteiger partial charge is 0.495 e. The van der Waals surface area contributed by atoms with Gasteiger partial charge in [0.2, 0.25) is 11.8 Å². The quantitative estimate of drug-likeness (QED) is 0.491. The number of ether oxygens (including phenoxy) is 1. The molecule has 3 rings (SSSR count). The third-order valence-electron chi connectivity index (χ3n) is 4.18. The third-order valence-corrected chi connectivity index (χ3v) is 6.01. The van der Waals surface area contributed by atoms with Crippen molar-refractivity contribution < 1.29 is 14.3 Å². The predicted octanol–water partition coefficient (Wildman–Crippen LogP) is 3.19. The molecule has 158 valence electrons. The van der Waals surface area contributed by atoms with Crippen LogP contribution < -0.4 is 15.4 Å². The monoisotopic (exact) mass is 445 g/mol. The first-order valence-corrected chi connectivity index (χ1v) is 11.2. The number of amides is 2. The minimum absolute atomic E-state index is 0.128. The van der Waals surface area contributed by atoms with Crippen molar-refractivity contribution in [3.8, 4) is 16.5 Å². The van der Waals surface area contributed by atoms with Crippen LogP contribution in [-0.2, 0) is 16.1 Å². The number of benzene rings is 1. The second-order valence-corrected chi connectivity index (χ2v) is 8.24. The van der Waals surface area contributed by atoms with Crippen LogP contribution in [0.2, 0.25) is 0 Å². The second kappa shape index (κ2) is 10.3. The lowest BCUT2D eigenvalue weighted by Gasteiger charge is -2.11. The van der Waals surface area contributed by atoms with Gasteiger partial charge in [0.25, 0.3) is 0 Å². The van der Waals surface area contributed by atoms with Crippen molar-refractivity contribution in [1.82, 2.24) is 20.1 Å². The predicted molar refractivity (Wildman–Crippen MR) is 119 cm³/mol. The summed E-state index contributed by atoms with van der Waals surface area (Å²) in [7, 11) is 1.54. The van der Waals surface area contributed by atoms with Gasteiger partial charge >= 0.3 is 0 Å². The lowest BCUT2D eigenvalue weighted by atomic mass is 10.2. The molecule has 0 atom stereocenters. The standard InChI is InChI=1S/C20H23N5O3S2/c1-4-25-19(16-6-5-9-29-16)23-24-20(25)30-12-18(27)21-11-17(26)22-14-10-13(2)7-8-15(14)28-3/h5-10H,4,11-12H2,1-3H3,(H,21,27)(H,22,26). The molecule has 2 amide bonds. The lowest BCUT2D eigenvalue weighted by molar-refractivity contribution is -0.122. The molecule has 0 unspecified atom stereocenters. The molecule has 10 heteroatoms. The fourth-order valence-electron chi connectivity index (χ4n) is 2.74. The molecule has 0 aliphatic rings. The summed E-state index contributed by atoms with van der Waals surface area (Å²) < 4.78 is 7.22. The third kappa shape index (κ3) is 5.39. The van der Waals surface area contributed by atoms with Gasteiger partial charge in [-0.2, -0.15) is 0 Å². The van der Waals surface area contributed by atoms with E-state index in [9.17, 15) is 9.59 Å². The first-order valence-electron chi connectivity index (χ1n) is 9.33. The average molecular weight is 446 g/mol. The molecular formula is C20H23N5O3S2. The van der Waals surface area contributed by atoms with Crippen LogP contribution in [0.5, 0.6) is 5.75 Å². The Bertz CT molecular complexity index is 1020. The van der Waals surface area contributed by atoms with Crippen molar-refractivity contribution in [2.75, 3.05) is 24.7 Å². The summed E-state index contributed by atoms with van der Waals surface area (Å²) in [5, 5.41) is 16.5. The van der Waals surface area contributed by atoms with E-state index in [-0.39, 0.29) is 24.1 Å². The van der Waals surface area contributed by atoms with Crippen LogP contribution >= 0.6 is 23.1 Å². The Kier molecular flexibility index (Phi) is 7.47. The Balaban J connectivity index is 1.51. The van der Waals surface area contributed by atoms with Crippen LogP contribution in [0.25, 0.3) is 10.7 Å². The Morgan fingerprint density at radius 3 is 2.77 bits per heavy atom. The SMILES string of the molecule is CCn1c(SCC(=O)NCC(=O)Nc2cc(C)ccc2OC)nnc1-c1cccs1. The molecule has 0 radical (unpaired) electrons.